The number of carbonyl (C=O) groups is 1. The molecule has 2 fully saturated rings. The molecule has 2 saturated heterocycles. The molecule has 2 heterocycles. The van der Waals surface area contributed by atoms with Crippen LogP contribution in [0.3, 0.4) is 0 Å². The zero-order chi connectivity index (χ0) is 19.7. The topological polar surface area (TPSA) is 43.8 Å². The fourth-order valence-electron chi connectivity index (χ4n) is 4.67. The highest BCUT2D eigenvalue weighted by molar-refractivity contribution is 5.94. The molecule has 6 heteroatoms. The number of hydrogen-bond acceptors (Lipinski definition) is 3. The monoisotopic (exact) mass is 386 g/mol. The van der Waals surface area contributed by atoms with Crippen molar-refractivity contribution in [3.63, 3.8) is 0 Å². The molecule has 0 saturated carbocycles. The molecule has 0 spiro atoms. The van der Waals surface area contributed by atoms with Crippen molar-refractivity contribution in [1.82, 2.24) is 9.80 Å². The molecule has 0 aliphatic carbocycles. The first-order valence-corrected chi connectivity index (χ1v) is 9.62. The first kappa shape index (κ1) is 19.0. The number of carbonyl (C=O) groups excluding carboxylic acids is 1. The minimum absolute atomic E-state index is 0.00448. The van der Waals surface area contributed by atoms with Gasteiger partial charge < -0.3 is 10.0 Å². The zero-order valence-electron chi connectivity index (χ0n) is 15.7. The third kappa shape index (κ3) is 3.54. The summed E-state index contributed by atoms with van der Waals surface area (Å²) >= 11 is 0. The maximum Gasteiger partial charge on any atom is 0.253 e. The van der Waals surface area contributed by atoms with Gasteiger partial charge in [0.15, 0.2) is 11.6 Å². The van der Waals surface area contributed by atoms with E-state index in [0.717, 1.165) is 31.6 Å². The van der Waals surface area contributed by atoms with Crippen molar-refractivity contribution < 1.29 is 18.7 Å². The van der Waals surface area contributed by atoms with E-state index in [9.17, 15) is 18.7 Å². The van der Waals surface area contributed by atoms with Gasteiger partial charge in [-0.05, 0) is 36.1 Å². The van der Waals surface area contributed by atoms with Crippen molar-refractivity contribution in [3.05, 3.63) is 71.3 Å². The third-order valence-electron chi connectivity index (χ3n) is 6.15. The van der Waals surface area contributed by atoms with Crippen LogP contribution >= 0.6 is 0 Å². The number of benzene rings is 2. The Balaban J connectivity index is 1.49. The van der Waals surface area contributed by atoms with Gasteiger partial charge in [0.25, 0.3) is 5.91 Å². The van der Waals surface area contributed by atoms with Gasteiger partial charge in [-0.2, -0.15) is 0 Å². The molecule has 1 N–H and O–H groups in total. The van der Waals surface area contributed by atoms with Crippen LogP contribution in [0.1, 0.15) is 22.3 Å². The van der Waals surface area contributed by atoms with Crippen molar-refractivity contribution >= 4 is 5.91 Å². The minimum Gasteiger partial charge on any atom is -0.396 e. The van der Waals surface area contributed by atoms with Gasteiger partial charge in [0.2, 0.25) is 0 Å². The normalized spacial score (nSPS) is 25.0. The number of nitrogens with zero attached hydrogens (tertiary/aromatic N) is 2. The van der Waals surface area contributed by atoms with Crippen LogP contribution < -0.4 is 0 Å². The molecule has 4 nitrogen and oxygen atoms in total. The second-order valence-electron chi connectivity index (χ2n) is 8.02. The number of aliphatic hydroxyl groups excluding tert-OH is 1. The lowest BCUT2D eigenvalue weighted by Gasteiger charge is -2.43. The first-order chi connectivity index (χ1) is 13.5. The fraction of sp³-hybridized carbons (Fsp3) is 0.409. The molecule has 148 valence electrons. The first-order valence-electron chi connectivity index (χ1n) is 9.62. The molecule has 0 aromatic heterocycles. The number of likely N-dealkylation sites (tertiary alicyclic amines) is 2. The number of aliphatic hydroxyl groups is 1. The van der Waals surface area contributed by atoms with E-state index in [2.05, 4.69) is 17.0 Å². The molecule has 2 aromatic carbocycles. The van der Waals surface area contributed by atoms with Gasteiger partial charge in [-0.25, -0.2) is 8.78 Å². The highest BCUT2D eigenvalue weighted by atomic mass is 19.2. The average Bonchev–Trinajstić information content (AvgIpc) is 3.08. The highest BCUT2D eigenvalue weighted by Gasteiger charge is 2.50. The summed E-state index contributed by atoms with van der Waals surface area (Å²) < 4.78 is 26.7. The van der Waals surface area contributed by atoms with E-state index in [1.165, 1.54) is 11.6 Å². The van der Waals surface area contributed by atoms with Crippen LogP contribution in [0.5, 0.6) is 0 Å². The number of rotatable bonds is 4. The standard InChI is InChI=1S/C22H24F2N2O2/c23-19-7-6-17(10-20(19)24)21(28)26-9-8-18-12-25(13-22(18,14-26)15-27)11-16-4-2-1-3-5-16/h1-7,10,18,27H,8-9,11-15H2/t18-,22-/m0/s1. The summed E-state index contributed by atoms with van der Waals surface area (Å²) in [7, 11) is 0. The van der Waals surface area contributed by atoms with E-state index in [4.69, 9.17) is 0 Å². The molecular formula is C22H24F2N2O2. The summed E-state index contributed by atoms with van der Waals surface area (Å²) in [6, 6.07) is 13.4. The van der Waals surface area contributed by atoms with Crippen molar-refractivity contribution in [3.8, 4) is 0 Å². The lowest BCUT2D eigenvalue weighted by molar-refractivity contribution is 0.0117. The summed E-state index contributed by atoms with van der Waals surface area (Å²) in [5.41, 5.74) is 0.995. The molecule has 1 amide bonds. The SMILES string of the molecule is O=C(c1ccc(F)c(F)c1)N1CC[C@H]2CN(Cc3ccccc3)C[C@@]2(CO)C1. The van der Waals surface area contributed by atoms with Gasteiger partial charge in [-0.15, -0.1) is 0 Å². The predicted molar refractivity (Wildman–Crippen MR) is 102 cm³/mol. The molecule has 2 aromatic rings. The number of fused-ring (bicyclic) bond motifs is 1. The predicted octanol–water partition coefficient (Wildman–Crippen LogP) is 2.92. The molecule has 4 rings (SSSR count). The molecule has 2 aliphatic rings. The molecular weight excluding hydrogens is 362 g/mol. The number of piperidine rings is 1. The lowest BCUT2D eigenvalue weighted by Crippen LogP contribution is -2.52. The second-order valence-corrected chi connectivity index (χ2v) is 8.02. The smallest absolute Gasteiger partial charge is 0.253 e. The largest absolute Gasteiger partial charge is 0.396 e. The number of hydrogen-bond donors (Lipinski definition) is 1. The van der Waals surface area contributed by atoms with Crippen LogP contribution in [0.4, 0.5) is 8.78 Å². The summed E-state index contributed by atoms with van der Waals surface area (Å²) in [6.07, 6.45) is 0.793. The lowest BCUT2D eigenvalue weighted by atomic mass is 9.74. The molecule has 0 bridgehead atoms. The Hall–Kier alpha value is -2.31. The van der Waals surface area contributed by atoms with Crippen LogP contribution in [-0.2, 0) is 6.54 Å². The van der Waals surface area contributed by atoms with Crippen LogP contribution in [0.15, 0.2) is 48.5 Å². The van der Waals surface area contributed by atoms with E-state index < -0.39 is 11.6 Å². The Bertz CT molecular complexity index is 861. The summed E-state index contributed by atoms with van der Waals surface area (Å²) in [6.45, 7) is 3.41. The van der Waals surface area contributed by atoms with Gasteiger partial charge in [0.05, 0.1) is 6.61 Å². The second kappa shape index (κ2) is 7.60. The highest BCUT2D eigenvalue weighted by Crippen LogP contribution is 2.42. The van der Waals surface area contributed by atoms with Gasteiger partial charge >= 0.3 is 0 Å². The zero-order valence-corrected chi connectivity index (χ0v) is 15.7. The molecule has 28 heavy (non-hydrogen) atoms. The third-order valence-corrected chi connectivity index (χ3v) is 6.15. The number of amides is 1. The van der Waals surface area contributed by atoms with Gasteiger partial charge in [0, 0.05) is 43.7 Å². The molecule has 0 unspecified atom stereocenters. The number of halogens is 2. The Morgan fingerprint density at radius 3 is 2.61 bits per heavy atom. The fourth-order valence-corrected chi connectivity index (χ4v) is 4.67. The Labute approximate surface area is 163 Å². The molecule has 0 radical (unpaired) electrons. The summed E-state index contributed by atoms with van der Waals surface area (Å²) in [5.74, 6) is -1.98. The maximum absolute atomic E-state index is 13.5. The van der Waals surface area contributed by atoms with Crippen molar-refractivity contribution in [2.24, 2.45) is 11.3 Å². The van der Waals surface area contributed by atoms with Gasteiger partial charge in [-0.1, -0.05) is 30.3 Å². The van der Waals surface area contributed by atoms with E-state index in [0.29, 0.717) is 25.6 Å². The van der Waals surface area contributed by atoms with Crippen molar-refractivity contribution in [2.75, 3.05) is 32.8 Å². The van der Waals surface area contributed by atoms with E-state index in [1.807, 2.05) is 18.2 Å². The summed E-state index contributed by atoms with van der Waals surface area (Å²) in [4.78, 5) is 16.8. The maximum atomic E-state index is 13.5. The average molecular weight is 386 g/mol. The van der Waals surface area contributed by atoms with Crippen LogP contribution in [0, 0.1) is 23.0 Å². The van der Waals surface area contributed by atoms with E-state index in [1.54, 1.807) is 4.90 Å². The van der Waals surface area contributed by atoms with Gasteiger partial charge in [-0.3, -0.25) is 9.69 Å². The van der Waals surface area contributed by atoms with Crippen LogP contribution in [0.2, 0.25) is 0 Å². The molecule has 2 atom stereocenters. The van der Waals surface area contributed by atoms with E-state index >= 15 is 0 Å². The van der Waals surface area contributed by atoms with Crippen molar-refractivity contribution in [2.45, 2.75) is 13.0 Å². The molecule has 2 aliphatic heterocycles. The Morgan fingerprint density at radius 2 is 1.89 bits per heavy atom. The van der Waals surface area contributed by atoms with Crippen molar-refractivity contribution in [1.29, 1.82) is 0 Å². The Morgan fingerprint density at radius 1 is 1.11 bits per heavy atom. The minimum atomic E-state index is -1.02. The van der Waals surface area contributed by atoms with Crippen LogP contribution in [-0.4, -0.2) is 53.6 Å². The van der Waals surface area contributed by atoms with Crippen LogP contribution in [0.25, 0.3) is 0 Å². The summed E-state index contributed by atoms with van der Waals surface area (Å²) in [5, 5.41) is 10.2. The quantitative estimate of drug-likeness (QED) is 0.879. The Kier molecular flexibility index (Phi) is 5.17. The van der Waals surface area contributed by atoms with Gasteiger partial charge in [0.1, 0.15) is 0 Å². The van der Waals surface area contributed by atoms with E-state index in [-0.39, 0.29) is 23.5 Å².